The molecule has 0 spiro atoms. The molecule has 1 fully saturated rings. The van der Waals surface area contributed by atoms with Gasteiger partial charge in [0.25, 0.3) is 0 Å². The molecule has 1 heterocycles. The standard InChI is InChI=1S/C16H19ClN4O2/c1-10-14(6-5-12(9-18)16(10)17)21-7-3-4-13(21)8-15(23)20-19-11(2)22/h5-6,13H,3-4,7-8H2,1-2H3,(H,19,22)(H,20,23). The quantitative estimate of drug-likeness (QED) is 0.828. The van der Waals surface area contributed by atoms with E-state index in [1.807, 2.05) is 13.0 Å². The zero-order valence-electron chi connectivity index (χ0n) is 13.1. The van der Waals surface area contributed by atoms with Gasteiger partial charge < -0.3 is 4.90 Å². The van der Waals surface area contributed by atoms with Crippen molar-refractivity contribution >= 4 is 29.1 Å². The van der Waals surface area contributed by atoms with Gasteiger partial charge in [0, 0.05) is 31.6 Å². The Hall–Kier alpha value is -2.26. The van der Waals surface area contributed by atoms with Crippen molar-refractivity contribution in [2.75, 3.05) is 11.4 Å². The van der Waals surface area contributed by atoms with Crippen LogP contribution in [0, 0.1) is 18.3 Å². The second kappa shape index (κ2) is 7.34. The second-order valence-electron chi connectivity index (χ2n) is 5.61. The molecule has 1 unspecified atom stereocenters. The van der Waals surface area contributed by atoms with E-state index in [4.69, 9.17) is 16.9 Å². The highest BCUT2D eigenvalue weighted by Gasteiger charge is 2.28. The molecule has 0 aromatic heterocycles. The smallest absolute Gasteiger partial charge is 0.240 e. The van der Waals surface area contributed by atoms with Gasteiger partial charge in [-0.05, 0) is 37.5 Å². The summed E-state index contributed by atoms with van der Waals surface area (Å²) in [6.45, 7) is 4.05. The fraction of sp³-hybridized carbons (Fsp3) is 0.438. The Morgan fingerprint density at radius 2 is 2.17 bits per heavy atom. The molecule has 6 nitrogen and oxygen atoms in total. The van der Waals surface area contributed by atoms with E-state index < -0.39 is 0 Å². The third kappa shape index (κ3) is 3.93. The van der Waals surface area contributed by atoms with E-state index >= 15 is 0 Å². The number of rotatable bonds is 3. The molecule has 0 saturated carbocycles. The zero-order chi connectivity index (χ0) is 17.0. The van der Waals surface area contributed by atoms with Crippen molar-refractivity contribution < 1.29 is 9.59 Å². The number of carbonyl (C=O) groups excluding carboxylic acids is 2. The Labute approximate surface area is 140 Å². The summed E-state index contributed by atoms with van der Waals surface area (Å²) in [7, 11) is 0. The number of benzene rings is 1. The van der Waals surface area contributed by atoms with Crippen LogP contribution in [-0.4, -0.2) is 24.4 Å². The normalized spacial score (nSPS) is 16.8. The maximum absolute atomic E-state index is 11.9. The number of nitrogens with zero attached hydrogens (tertiary/aromatic N) is 2. The Bertz CT molecular complexity index is 669. The van der Waals surface area contributed by atoms with E-state index in [0.29, 0.717) is 10.6 Å². The van der Waals surface area contributed by atoms with E-state index in [-0.39, 0.29) is 24.3 Å². The van der Waals surface area contributed by atoms with Crippen LogP contribution in [0.2, 0.25) is 5.02 Å². The van der Waals surface area contributed by atoms with Crippen molar-refractivity contribution in [2.45, 2.75) is 39.2 Å². The topological polar surface area (TPSA) is 85.2 Å². The number of carbonyl (C=O) groups is 2. The SMILES string of the molecule is CC(=O)NNC(=O)CC1CCCN1c1ccc(C#N)c(Cl)c1C. The number of halogens is 1. The van der Waals surface area contributed by atoms with Gasteiger partial charge in [-0.1, -0.05) is 11.6 Å². The molecule has 0 bridgehead atoms. The first-order valence-corrected chi connectivity index (χ1v) is 7.83. The lowest BCUT2D eigenvalue weighted by atomic mass is 10.1. The summed E-state index contributed by atoms with van der Waals surface area (Å²) in [6.07, 6.45) is 2.16. The lowest BCUT2D eigenvalue weighted by molar-refractivity contribution is -0.128. The largest absolute Gasteiger partial charge is 0.368 e. The van der Waals surface area contributed by atoms with Crippen LogP contribution in [0.1, 0.15) is 37.3 Å². The summed E-state index contributed by atoms with van der Waals surface area (Å²) in [5.74, 6) is -0.536. The molecule has 23 heavy (non-hydrogen) atoms. The summed E-state index contributed by atoms with van der Waals surface area (Å²) in [6, 6.07) is 5.70. The van der Waals surface area contributed by atoms with Crippen molar-refractivity contribution in [3.8, 4) is 6.07 Å². The summed E-state index contributed by atoms with van der Waals surface area (Å²) in [5, 5.41) is 9.50. The Morgan fingerprint density at radius 1 is 1.43 bits per heavy atom. The van der Waals surface area contributed by atoms with Crippen molar-refractivity contribution in [2.24, 2.45) is 0 Å². The van der Waals surface area contributed by atoms with Gasteiger partial charge >= 0.3 is 0 Å². The minimum absolute atomic E-state index is 0.0476. The molecule has 1 atom stereocenters. The summed E-state index contributed by atoms with van der Waals surface area (Å²) in [4.78, 5) is 24.9. The minimum Gasteiger partial charge on any atom is -0.368 e. The third-order valence-electron chi connectivity index (χ3n) is 3.96. The van der Waals surface area contributed by atoms with Crippen molar-refractivity contribution in [3.63, 3.8) is 0 Å². The molecule has 122 valence electrons. The Morgan fingerprint density at radius 3 is 2.83 bits per heavy atom. The fourth-order valence-corrected chi connectivity index (χ4v) is 3.06. The monoisotopic (exact) mass is 334 g/mol. The number of hydrogen-bond acceptors (Lipinski definition) is 4. The predicted octanol–water partition coefficient (Wildman–Crippen LogP) is 2.05. The first-order valence-electron chi connectivity index (χ1n) is 7.45. The molecule has 1 aromatic carbocycles. The van der Waals surface area contributed by atoms with E-state index in [2.05, 4.69) is 21.8 Å². The molecule has 1 aliphatic rings. The van der Waals surface area contributed by atoms with Gasteiger partial charge in [-0.3, -0.25) is 20.4 Å². The highest BCUT2D eigenvalue weighted by molar-refractivity contribution is 6.32. The maximum atomic E-state index is 11.9. The van der Waals surface area contributed by atoms with Crippen LogP contribution in [0.15, 0.2) is 12.1 Å². The molecule has 2 rings (SSSR count). The lowest BCUT2D eigenvalue weighted by Crippen LogP contribution is -2.43. The van der Waals surface area contributed by atoms with Gasteiger partial charge in [0.1, 0.15) is 6.07 Å². The van der Waals surface area contributed by atoms with Crippen LogP contribution in [0.4, 0.5) is 5.69 Å². The maximum Gasteiger partial charge on any atom is 0.240 e. The van der Waals surface area contributed by atoms with Crippen molar-refractivity contribution in [1.29, 1.82) is 5.26 Å². The number of hydrogen-bond donors (Lipinski definition) is 2. The number of amides is 2. The van der Waals surface area contributed by atoms with Crippen LogP contribution in [0.25, 0.3) is 0 Å². The Balaban J connectivity index is 2.13. The molecule has 0 radical (unpaired) electrons. The first kappa shape index (κ1) is 17.1. The van der Waals surface area contributed by atoms with E-state index in [1.165, 1.54) is 6.92 Å². The van der Waals surface area contributed by atoms with Gasteiger partial charge in [-0.25, -0.2) is 0 Å². The molecule has 2 amide bonds. The predicted molar refractivity (Wildman–Crippen MR) is 87.8 cm³/mol. The number of anilines is 1. The van der Waals surface area contributed by atoms with Crippen LogP contribution in [-0.2, 0) is 9.59 Å². The highest BCUT2D eigenvalue weighted by atomic mass is 35.5. The van der Waals surface area contributed by atoms with Gasteiger partial charge in [0.05, 0.1) is 10.6 Å². The molecule has 0 aliphatic carbocycles. The summed E-state index contributed by atoms with van der Waals surface area (Å²) >= 11 is 6.24. The molecular formula is C16H19ClN4O2. The molecule has 2 N–H and O–H groups in total. The molecule has 1 aromatic rings. The van der Waals surface area contributed by atoms with E-state index in [1.54, 1.807) is 6.07 Å². The van der Waals surface area contributed by atoms with Crippen LogP contribution in [0.3, 0.4) is 0 Å². The number of hydrazine groups is 1. The first-order chi connectivity index (χ1) is 10.9. The third-order valence-corrected chi connectivity index (χ3v) is 4.45. The van der Waals surface area contributed by atoms with E-state index in [0.717, 1.165) is 30.6 Å². The van der Waals surface area contributed by atoms with Gasteiger partial charge in [0.15, 0.2) is 0 Å². The van der Waals surface area contributed by atoms with Crippen molar-refractivity contribution in [3.05, 3.63) is 28.3 Å². The highest BCUT2D eigenvalue weighted by Crippen LogP contribution is 2.34. The van der Waals surface area contributed by atoms with Crippen LogP contribution >= 0.6 is 11.6 Å². The molecule has 1 aliphatic heterocycles. The molecule has 7 heteroatoms. The van der Waals surface area contributed by atoms with Gasteiger partial charge in [-0.15, -0.1) is 0 Å². The average molecular weight is 335 g/mol. The molecule has 1 saturated heterocycles. The van der Waals surface area contributed by atoms with Gasteiger partial charge in [-0.2, -0.15) is 5.26 Å². The van der Waals surface area contributed by atoms with E-state index in [9.17, 15) is 9.59 Å². The average Bonchev–Trinajstić information content (AvgIpc) is 2.96. The van der Waals surface area contributed by atoms with Crippen LogP contribution < -0.4 is 15.8 Å². The lowest BCUT2D eigenvalue weighted by Gasteiger charge is -2.28. The Kier molecular flexibility index (Phi) is 5.45. The molecular weight excluding hydrogens is 316 g/mol. The van der Waals surface area contributed by atoms with Gasteiger partial charge in [0.2, 0.25) is 11.8 Å². The zero-order valence-corrected chi connectivity index (χ0v) is 13.9. The fourth-order valence-electron chi connectivity index (χ4n) is 2.86. The second-order valence-corrected chi connectivity index (χ2v) is 5.98. The number of nitrogens with one attached hydrogen (secondary N) is 2. The van der Waals surface area contributed by atoms with Crippen molar-refractivity contribution in [1.82, 2.24) is 10.9 Å². The summed E-state index contributed by atoms with van der Waals surface area (Å²) in [5.41, 5.74) is 6.93. The van der Waals surface area contributed by atoms with Crippen LogP contribution in [0.5, 0.6) is 0 Å². The summed E-state index contributed by atoms with van der Waals surface area (Å²) < 4.78 is 0. The minimum atomic E-state index is -0.309. The number of nitriles is 1.